The summed E-state index contributed by atoms with van der Waals surface area (Å²) in [5.41, 5.74) is 2.33. The van der Waals surface area contributed by atoms with Gasteiger partial charge in [-0.3, -0.25) is 4.79 Å². The molecule has 4 N–H and O–H groups in total. The van der Waals surface area contributed by atoms with Crippen molar-refractivity contribution in [1.82, 2.24) is 10.3 Å². The van der Waals surface area contributed by atoms with E-state index in [9.17, 15) is 13.2 Å². The van der Waals surface area contributed by atoms with Gasteiger partial charge in [-0.25, -0.2) is 19.2 Å². The second-order valence-corrected chi connectivity index (χ2v) is 7.32. The van der Waals surface area contributed by atoms with Crippen LogP contribution in [0.15, 0.2) is 12.1 Å². The molecule has 0 radical (unpaired) electrons. The van der Waals surface area contributed by atoms with Crippen LogP contribution < -0.4 is 16.6 Å². The van der Waals surface area contributed by atoms with E-state index in [0.717, 1.165) is 0 Å². The minimum absolute atomic E-state index is 0.0116. The maximum absolute atomic E-state index is 12.0. The summed E-state index contributed by atoms with van der Waals surface area (Å²) in [6.07, 6.45) is 1.20. The zero-order valence-corrected chi connectivity index (χ0v) is 12.2. The molecule has 110 valence electrons. The number of carbonyl (C=O) groups excluding carboxylic acids is 1. The first-order valence-electron chi connectivity index (χ1n) is 6.07. The van der Waals surface area contributed by atoms with Gasteiger partial charge in [-0.15, -0.1) is 0 Å². The molecule has 7 nitrogen and oxygen atoms in total. The summed E-state index contributed by atoms with van der Waals surface area (Å²) in [6.45, 7) is 0.0689. The summed E-state index contributed by atoms with van der Waals surface area (Å²) >= 11 is 5.89. The zero-order chi connectivity index (χ0) is 14.8. The summed E-state index contributed by atoms with van der Waals surface area (Å²) in [6, 6.07) is 3.02. The SMILES string of the molecule is NNc1ccc(Cl)c(C(=O)NCC2CCCS2(=O)=O)n1. The van der Waals surface area contributed by atoms with Gasteiger partial charge in [-0.1, -0.05) is 11.6 Å². The first-order valence-corrected chi connectivity index (χ1v) is 8.16. The smallest absolute Gasteiger partial charge is 0.271 e. The summed E-state index contributed by atoms with van der Waals surface area (Å²) in [4.78, 5) is 15.9. The number of aromatic nitrogens is 1. The second-order valence-electron chi connectivity index (χ2n) is 4.51. The highest BCUT2D eigenvalue weighted by Crippen LogP contribution is 2.20. The van der Waals surface area contributed by atoms with Crippen molar-refractivity contribution < 1.29 is 13.2 Å². The third-order valence-electron chi connectivity index (χ3n) is 3.16. The number of carbonyl (C=O) groups is 1. The molecule has 1 amide bonds. The fraction of sp³-hybridized carbons (Fsp3) is 0.455. The minimum Gasteiger partial charge on any atom is -0.349 e. The highest BCUT2D eigenvalue weighted by Gasteiger charge is 2.31. The van der Waals surface area contributed by atoms with Crippen LogP contribution in [-0.2, 0) is 9.84 Å². The summed E-state index contributed by atoms with van der Waals surface area (Å²) in [5, 5.41) is 2.20. The van der Waals surface area contributed by atoms with Gasteiger partial charge >= 0.3 is 0 Å². The van der Waals surface area contributed by atoms with Crippen LogP contribution in [0, 0.1) is 0 Å². The molecule has 0 aliphatic carbocycles. The lowest BCUT2D eigenvalue weighted by Gasteiger charge is -2.11. The normalized spacial score (nSPS) is 20.6. The lowest BCUT2D eigenvalue weighted by Crippen LogP contribution is -2.35. The highest BCUT2D eigenvalue weighted by molar-refractivity contribution is 7.92. The number of hydrogen-bond donors (Lipinski definition) is 3. The van der Waals surface area contributed by atoms with E-state index in [4.69, 9.17) is 17.4 Å². The van der Waals surface area contributed by atoms with Crippen LogP contribution in [-0.4, -0.2) is 36.9 Å². The molecule has 0 saturated carbocycles. The Bertz CT molecular complexity index is 620. The minimum atomic E-state index is -3.09. The Kier molecular flexibility index (Phi) is 4.46. The average Bonchev–Trinajstić information content (AvgIpc) is 2.75. The van der Waals surface area contributed by atoms with Gasteiger partial charge in [0.05, 0.1) is 16.0 Å². The van der Waals surface area contributed by atoms with Gasteiger partial charge in [0.2, 0.25) is 0 Å². The monoisotopic (exact) mass is 318 g/mol. The topological polar surface area (TPSA) is 114 Å². The van der Waals surface area contributed by atoms with Gasteiger partial charge in [0.15, 0.2) is 9.84 Å². The standard InChI is InChI=1S/C11H15ClN4O3S/c12-8-3-4-9(16-13)15-10(8)11(17)14-6-7-2-1-5-20(7,18)19/h3-4,7H,1-2,5-6,13H2,(H,14,17)(H,15,16). The third-order valence-corrected chi connectivity index (χ3v) is 5.74. The van der Waals surface area contributed by atoms with E-state index in [1.807, 2.05) is 0 Å². The molecule has 2 heterocycles. The molecule has 1 unspecified atom stereocenters. The number of hydrazine groups is 1. The maximum Gasteiger partial charge on any atom is 0.271 e. The van der Waals surface area contributed by atoms with Crippen molar-refractivity contribution in [2.75, 3.05) is 17.7 Å². The molecule has 0 spiro atoms. The van der Waals surface area contributed by atoms with Crippen LogP contribution in [0.25, 0.3) is 0 Å². The molecule has 1 aromatic rings. The maximum atomic E-state index is 12.0. The molecule has 0 aromatic carbocycles. The molecule has 0 bridgehead atoms. The number of amides is 1. The number of anilines is 1. The van der Waals surface area contributed by atoms with Gasteiger partial charge in [-0.2, -0.15) is 0 Å². The Balaban J connectivity index is 2.05. The number of rotatable bonds is 4. The number of nitrogens with two attached hydrogens (primary N) is 1. The zero-order valence-electron chi connectivity index (χ0n) is 10.6. The molecule has 2 rings (SSSR count). The number of sulfone groups is 1. The Hall–Kier alpha value is -1.38. The van der Waals surface area contributed by atoms with Crippen LogP contribution in [0.1, 0.15) is 23.3 Å². The van der Waals surface area contributed by atoms with E-state index in [1.54, 1.807) is 0 Å². The summed E-state index contributed by atoms with van der Waals surface area (Å²) in [7, 11) is -3.09. The fourth-order valence-corrected chi connectivity index (χ4v) is 4.02. The molecule has 1 aromatic heterocycles. The van der Waals surface area contributed by atoms with Crippen LogP contribution in [0.4, 0.5) is 5.82 Å². The molecule has 20 heavy (non-hydrogen) atoms. The van der Waals surface area contributed by atoms with Gasteiger partial charge < -0.3 is 10.7 Å². The number of nitrogen functional groups attached to an aromatic ring is 1. The Labute approximate surface area is 121 Å². The molecule has 1 atom stereocenters. The van der Waals surface area contributed by atoms with E-state index in [-0.39, 0.29) is 23.0 Å². The predicted molar refractivity (Wildman–Crippen MR) is 76.2 cm³/mol. The Morgan fingerprint density at radius 2 is 2.25 bits per heavy atom. The van der Waals surface area contributed by atoms with Crippen molar-refractivity contribution >= 4 is 33.2 Å². The van der Waals surface area contributed by atoms with Gasteiger partial charge in [-0.05, 0) is 25.0 Å². The second kappa shape index (κ2) is 5.94. The molecule has 1 fully saturated rings. The molecule has 1 aliphatic rings. The molecular formula is C11H15ClN4O3S. The predicted octanol–water partition coefficient (Wildman–Crippen LogP) is 0.328. The molecule has 9 heteroatoms. The van der Waals surface area contributed by atoms with Crippen LogP contribution in [0.3, 0.4) is 0 Å². The molecular weight excluding hydrogens is 304 g/mol. The number of halogens is 1. The lowest BCUT2D eigenvalue weighted by atomic mass is 10.2. The van der Waals surface area contributed by atoms with Crippen LogP contribution in [0.5, 0.6) is 0 Å². The van der Waals surface area contributed by atoms with E-state index in [1.165, 1.54) is 12.1 Å². The van der Waals surface area contributed by atoms with Crippen LogP contribution in [0.2, 0.25) is 5.02 Å². The van der Waals surface area contributed by atoms with Gasteiger partial charge in [0, 0.05) is 6.54 Å². The quantitative estimate of drug-likeness (QED) is 0.544. The first-order chi connectivity index (χ1) is 9.44. The third kappa shape index (κ3) is 3.20. The fourth-order valence-electron chi connectivity index (χ4n) is 2.06. The Morgan fingerprint density at radius 1 is 1.50 bits per heavy atom. The van der Waals surface area contributed by atoms with Gasteiger partial charge in [0.1, 0.15) is 11.5 Å². The van der Waals surface area contributed by atoms with Crippen molar-refractivity contribution in [2.24, 2.45) is 5.84 Å². The largest absolute Gasteiger partial charge is 0.349 e. The van der Waals surface area contributed by atoms with Crippen LogP contribution >= 0.6 is 11.6 Å². The van der Waals surface area contributed by atoms with Crippen molar-refractivity contribution in [1.29, 1.82) is 0 Å². The van der Waals surface area contributed by atoms with E-state index in [0.29, 0.717) is 18.7 Å². The van der Waals surface area contributed by atoms with Crippen molar-refractivity contribution in [2.45, 2.75) is 18.1 Å². The number of nitrogens with zero attached hydrogens (tertiary/aromatic N) is 1. The van der Waals surface area contributed by atoms with Crippen molar-refractivity contribution in [3.63, 3.8) is 0 Å². The van der Waals surface area contributed by atoms with E-state index < -0.39 is 21.0 Å². The van der Waals surface area contributed by atoms with E-state index >= 15 is 0 Å². The number of nitrogens with one attached hydrogen (secondary N) is 2. The molecule has 1 saturated heterocycles. The average molecular weight is 319 g/mol. The first kappa shape index (κ1) is 15.0. The number of hydrogen-bond acceptors (Lipinski definition) is 6. The summed E-state index contributed by atoms with van der Waals surface area (Å²) < 4.78 is 23.3. The van der Waals surface area contributed by atoms with Gasteiger partial charge in [0.25, 0.3) is 5.91 Å². The van der Waals surface area contributed by atoms with Crippen molar-refractivity contribution in [3.05, 3.63) is 22.8 Å². The Morgan fingerprint density at radius 3 is 2.85 bits per heavy atom. The highest BCUT2D eigenvalue weighted by atomic mass is 35.5. The van der Waals surface area contributed by atoms with Crippen molar-refractivity contribution in [3.8, 4) is 0 Å². The van der Waals surface area contributed by atoms with E-state index in [2.05, 4.69) is 15.7 Å². The lowest BCUT2D eigenvalue weighted by molar-refractivity contribution is 0.0949. The molecule has 1 aliphatic heterocycles. The summed E-state index contributed by atoms with van der Waals surface area (Å²) in [5.74, 6) is 5.17. The number of pyridine rings is 1.